The number of hydrogen-bond donors (Lipinski definition) is 4. The van der Waals surface area contributed by atoms with E-state index in [9.17, 15) is 4.79 Å². The van der Waals surface area contributed by atoms with E-state index in [1.54, 1.807) is 0 Å². The third kappa shape index (κ3) is 11.0. The molecule has 0 saturated heterocycles. The summed E-state index contributed by atoms with van der Waals surface area (Å²) in [6.45, 7) is 1.42. The van der Waals surface area contributed by atoms with Crippen LogP contribution in [0, 0.1) is 0 Å². The van der Waals surface area contributed by atoms with Gasteiger partial charge in [0.15, 0.2) is 12.4 Å². The van der Waals surface area contributed by atoms with Gasteiger partial charge >= 0.3 is 5.97 Å². The molecule has 0 bridgehead atoms. The topological polar surface area (TPSA) is 123 Å². The van der Waals surface area contributed by atoms with Crippen molar-refractivity contribution in [1.29, 1.82) is 0 Å². The van der Waals surface area contributed by atoms with Gasteiger partial charge in [0.2, 0.25) is 11.0 Å². The van der Waals surface area contributed by atoms with E-state index in [-0.39, 0.29) is 24.8 Å². The lowest BCUT2D eigenvalue weighted by atomic mass is 10.1. The summed E-state index contributed by atoms with van der Waals surface area (Å²) in [6.07, 6.45) is 12.7. The SMILES string of the molecule is C[C@H](N)C(=O)O.C[n+]1ccc(C=Cc2ccc(N)cc2)c2ccccc21.C[n+]1ccc(C=Cc2ccc(N)cc2)c2ccccc21.[Cl-].[Cl-]. The van der Waals surface area contributed by atoms with Gasteiger partial charge in [-0.25, -0.2) is 9.13 Å². The fourth-order valence-corrected chi connectivity index (χ4v) is 4.65. The van der Waals surface area contributed by atoms with Crippen LogP contribution in [0.15, 0.2) is 122 Å². The van der Waals surface area contributed by atoms with E-state index in [4.69, 9.17) is 22.3 Å². The molecule has 0 unspecified atom stereocenters. The summed E-state index contributed by atoms with van der Waals surface area (Å²) in [7, 11) is 4.13. The predicted molar refractivity (Wildman–Crippen MR) is 191 cm³/mol. The number of para-hydroxylation sites is 2. The molecular weight excluding hydrogens is 641 g/mol. The number of benzene rings is 4. The fraction of sp³-hybridized carbons (Fsp3) is 0.103. The Balaban J connectivity index is 0.000000276. The van der Waals surface area contributed by atoms with E-state index in [1.807, 2.05) is 48.5 Å². The molecule has 2 heterocycles. The van der Waals surface area contributed by atoms with Crippen molar-refractivity contribution in [2.24, 2.45) is 19.8 Å². The van der Waals surface area contributed by atoms with Crippen molar-refractivity contribution >= 4 is 63.5 Å². The monoisotopic (exact) mass is 681 g/mol. The van der Waals surface area contributed by atoms with Crippen LogP contribution < -0.4 is 51.1 Å². The van der Waals surface area contributed by atoms with Crippen LogP contribution in [-0.2, 0) is 18.9 Å². The number of nitrogens with two attached hydrogens (primary N) is 3. The maximum absolute atomic E-state index is 9.57. The number of carbonyl (C=O) groups is 1. The van der Waals surface area contributed by atoms with Crippen molar-refractivity contribution < 1.29 is 43.8 Å². The minimum Gasteiger partial charge on any atom is -1.00 e. The summed E-state index contributed by atoms with van der Waals surface area (Å²) in [5, 5.41) is 10.4. The molecule has 0 spiro atoms. The molecule has 6 rings (SSSR count). The van der Waals surface area contributed by atoms with Crippen LogP contribution in [0.3, 0.4) is 0 Å². The maximum atomic E-state index is 9.57. The van der Waals surface area contributed by atoms with Crippen molar-refractivity contribution in [3.05, 3.63) is 144 Å². The van der Waals surface area contributed by atoms with Gasteiger partial charge < -0.3 is 47.1 Å². The lowest BCUT2D eigenvalue weighted by Gasteiger charge is -2.01. The molecule has 48 heavy (non-hydrogen) atoms. The van der Waals surface area contributed by atoms with E-state index in [2.05, 4.69) is 121 Å². The van der Waals surface area contributed by atoms with Crippen LogP contribution in [-0.4, -0.2) is 17.1 Å². The highest BCUT2D eigenvalue weighted by atomic mass is 35.5. The number of carboxylic acids is 1. The fourth-order valence-electron chi connectivity index (χ4n) is 4.65. The second kappa shape index (κ2) is 18.8. The highest BCUT2D eigenvalue weighted by Crippen LogP contribution is 2.19. The van der Waals surface area contributed by atoms with Crippen molar-refractivity contribution in [3.8, 4) is 0 Å². The van der Waals surface area contributed by atoms with Crippen molar-refractivity contribution in [3.63, 3.8) is 0 Å². The predicted octanol–water partition coefficient (Wildman–Crippen LogP) is 0.260. The van der Waals surface area contributed by atoms with E-state index in [0.717, 1.165) is 22.5 Å². The average molecular weight is 683 g/mol. The van der Waals surface area contributed by atoms with E-state index in [0.29, 0.717) is 0 Å². The van der Waals surface area contributed by atoms with E-state index in [1.165, 1.54) is 39.9 Å². The van der Waals surface area contributed by atoms with Gasteiger partial charge in [0.05, 0.1) is 10.8 Å². The van der Waals surface area contributed by atoms with Crippen LogP contribution in [0.5, 0.6) is 0 Å². The smallest absolute Gasteiger partial charge is 0.320 e. The van der Waals surface area contributed by atoms with Gasteiger partial charge in [0, 0.05) is 35.6 Å². The van der Waals surface area contributed by atoms with Crippen LogP contribution in [0.2, 0.25) is 0 Å². The Hall–Kier alpha value is -5.21. The van der Waals surface area contributed by atoms with Crippen LogP contribution in [0.4, 0.5) is 11.4 Å². The molecule has 4 aromatic carbocycles. The van der Waals surface area contributed by atoms with E-state index < -0.39 is 12.0 Å². The molecule has 248 valence electrons. The number of fused-ring (bicyclic) bond motifs is 2. The number of nitrogen functional groups attached to an aromatic ring is 2. The zero-order valence-electron chi connectivity index (χ0n) is 27.2. The first-order valence-electron chi connectivity index (χ1n) is 14.9. The summed E-state index contributed by atoms with van der Waals surface area (Å²) < 4.78 is 4.27. The van der Waals surface area contributed by atoms with Gasteiger partial charge in [-0.3, -0.25) is 4.79 Å². The molecule has 0 amide bonds. The van der Waals surface area contributed by atoms with Crippen LogP contribution in [0.25, 0.3) is 46.1 Å². The summed E-state index contributed by atoms with van der Waals surface area (Å²) in [5.74, 6) is -0.963. The largest absolute Gasteiger partial charge is 1.00 e. The molecule has 7 N–H and O–H groups in total. The highest BCUT2D eigenvalue weighted by molar-refractivity contribution is 5.89. The zero-order valence-corrected chi connectivity index (χ0v) is 28.7. The number of hydrogen-bond acceptors (Lipinski definition) is 4. The first-order chi connectivity index (χ1) is 22.1. The Labute approximate surface area is 294 Å². The first-order valence-corrected chi connectivity index (χ1v) is 14.9. The number of aliphatic carboxylic acids is 1. The Morgan fingerprint density at radius 1 is 0.604 bits per heavy atom. The molecular formula is C39H41Cl2N5O2. The molecule has 7 nitrogen and oxygen atoms in total. The quantitative estimate of drug-likeness (QED) is 0.154. The molecule has 0 fully saturated rings. The minimum absolute atomic E-state index is 0. The lowest BCUT2D eigenvalue weighted by Crippen LogP contribution is -3.00. The van der Waals surface area contributed by atoms with Gasteiger partial charge in [-0.1, -0.05) is 72.8 Å². The normalized spacial score (nSPS) is 11.1. The summed E-state index contributed by atoms with van der Waals surface area (Å²) in [4.78, 5) is 9.57. The Morgan fingerprint density at radius 3 is 1.27 bits per heavy atom. The molecule has 0 saturated carbocycles. The average Bonchev–Trinajstić information content (AvgIpc) is 3.06. The number of rotatable bonds is 5. The maximum Gasteiger partial charge on any atom is 0.320 e. The van der Waals surface area contributed by atoms with Crippen molar-refractivity contribution in [2.45, 2.75) is 13.0 Å². The molecule has 0 radical (unpaired) electrons. The minimum atomic E-state index is -0.963. The standard InChI is InChI=1S/2C18H16N2.C3H7NO2.2ClH/c2*1-20-13-12-15(17-4-2-3-5-18(17)20)9-6-14-7-10-16(19)11-8-14;1-2(4)3(5)6;;/h2*2-13,19H,1H3;2H,4H2,1H3,(H,5,6);2*1H/t;;2-;;/m..0../s1. The first kappa shape index (κ1) is 39.0. The number of pyridine rings is 2. The summed E-state index contributed by atoms with van der Waals surface area (Å²) in [6, 6.07) is 36.2. The molecule has 0 aliphatic heterocycles. The Kier molecular flexibility index (Phi) is 15.3. The van der Waals surface area contributed by atoms with Crippen molar-refractivity contribution in [1.82, 2.24) is 0 Å². The number of nitrogens with zero attached hydrogens (tertiary/aromatic N) is 2. The molecule has 0 aliphatic carbocycles. The van der Waals surface area contributed by atoms with Gasteiger partial charge in [0.25, 0.3) is 0 Å². The highest BCUT2D eigenvalue weighted by Gasteiger charge is 2.07. The molecule has 6 aromatic rings. The molecule has 2 aromatic heterocycles. The zero-order chi connectivity index (χ0) is 33.1. The second-order valence-corrected chi connectivity index (χ2v) is 10.9. The van der Waals surface area contributed by atoms with Gasteiger partial charge in [-0.2, -0.15) is 0 Å². The molecule has 1 atom stereocenters. The van der Waals surface area contributed by atoms with Crippen LogP contribution >= 0.6 is 0 Å². The van der Waals surface area contributed by atoms with Crippen LogP contribution in [0.1, 0.15) is 29.2 Å². The summed E-state index contributed by atoms with van der Waals surface area (Å²) in [5.41, 5.74) is 25.0. The third-order valence-electron chi connectivity index (χ3n) is 7.32. The van der Waals surface area contributed by atoms with Crippen molar-refractivity contribution in [2.75, 3.05) is 11.5 Å². The third-order valence-corrected chi connectivity index (χ3v) is 7.32. The number of halogens is 2. The van der Waals surface area contributed by atoms with Gasteiger partial charge in [0.1, 0.15) is 20.1 Å². The van der Waals surface area contributed by atoms with Gasteiger partial charge in [-0.15, -0.1) is 0 Å². The number of aryl methyl sites for hydroxylation is 2. The summed E-state index contributed by atoms with van der Waals surface area (Å²) >= 11 is 0. The molecule has 9 heteroatoms. The number of carboxylic acid groups (broad SMARTS) is 1. The second-order valence-electron chi connectivity index (χ2n) is 10.9. The Bertz CT molecular complexity index is 1850. The Morgan fingerprint density at radius 2 is 0.938 bits per heavy atom. The number of anilines is 2. The van der Waals surface area contributed by atoms with Gasteiger partial charge in [-0.05, 0) is 65.6 Å². The lowest BCUT2D eigenvalue weighted by molar-refractivity contribution is -0.645. The number of aromatic nitrogens is 2. The van der Waals surface area contributed by atoms with E-state index >= 15 is 0 Å². The molecule has 0 aliphatic rings.